The highest BCUT2D eigenvalue weighted by Crippen LogP contribution is 2.31. The van der Waals surface area contributed by atoms with Gasteiger partial charge in [0.2, 0.25) is 0 Å². The number of ether oxygens (including phenoxy) is 2. The van der Waals surface area contributed by atoms with Gasteiger partial charge < -0.3 is 14.8 Å². The van der Waals surface area contributed by atoms with Gasteiger partial charge >= 0.3 is 0 Å². The molecule has 0 aliphatic carbocycles. The average Bonchev–Trinajstić information content (AvgIpc) is 3.20. The first-order chi connectivity index (χ1) is 15.9. The Morgan fingerprint density at radius 1 is 0.818 bits per heavy atom. The summed E-state index contributed by atoms with van der Waals surface area (Å²) >= 11 is 8.05. The molecule has 0 fully saturated rings. The standard InChI is InChI=1S/C23H17Br2N3O4S/c1-31-18-7-3-12(24)9-15(18)21(29)26-14-5-6-17-20(11-14)33-23(27-17)28-22(30)16-10-13(25)4-8-19(16)32-2/h3-11H,1-2H3,(H,26,29)(H,27,28,30). The van der Waals surface area contributed by atoms with Gasteiger partial charge in [0.1, 0.15) is 11.5 Å². The molecule has 2 N–H and O–H groups in total. The molecule has 168 valence electrons. The number of benzene rings is 3. The van der Waals surface area contributed by atoms with E-state index in [0.717, 1.165) is 13.6 Å². The van der Waals surface area contributed by atoms with Crippen molar-refractivity contribution < 1.29 is 19.1 Å². The fourth-order valence-electron chi connectivity index (χ4n) is 3.13. The number of nitrogens with one attached hydrogen (secondary N) is 2. The van der Waals surface area contributed by atoms with Gasteiger partial charge in [-0.25, -0.2) is 4.98 Å². The summed E-state index contributed by atoms with van der Waals surface area (Å²) in [5.41, 5.74) is 2.11. The van der Waals surface area contributed by atoms with Gasteiger partial charge in [-0.05, 0) is 54.6 Å². The average molecular weight is 591 g/mol. The van der Waals surface area contributed by atoms with Crippen LogP contribution in [-0.4, -0.2) is 31.0 Å². The minimum Gasteiger partial charge on any atom is -0.496 e. The Balaban J connectivity index is 1.55. The van der Waals surface area contributed by atoms with Crippen LogP contribution in [0.5, 0.6) is 11.5 Å². The van der Waals surface area contributed by atoms with E-state index in [0.29, 0.717) is 39.0 Å². The maximum Gasteiger partial charge on any atom is 0.261 e. The zero-order valence-electron chi connectivity index (χ0n) is 17.4. The minimum atomic E-state index is -0.331. The number of anilines is 2. The van der Waals surface area contributed by atoms with Crippen LogP contribution in [0.2, 0.25) is 0 Å². The summed E-state index contributed by atoms with van der Waals surface area (Å²) < 4.78 is 12.9. The molecule has 1 heterocycles. The Labute approximate surface area is 210 Å². The van der Waals surface area contributed by atoms with Gasteiger partial charge in [-0.2, -0.15) is 0 Å². The van der Waals surface area contributed by atoms with E-state index in [4.69, 9.17) is 9.47 Å². The third-order valence-electron chi connectivity index (χ3n) is 4.68. The lowest BCUT2D eigenvalue weighted by molar-refractivity contribution is 0.101. The molecule has 0 saturated heterocycles. The van der Waals surface area contributed by atoms with Crippen LogP contribution in [0.4, 0.5) is 10.8 Å². The van der Waals surface area contributed by atoms with Crippen LogP contribution in [0.25, 0.3) is 10.2 Å². The Hall–Kier alpha value is -2.95. The van der Waals surface area contributed by atoms with E-state index in [-0.39, 0.29) is 11.8 Å². The van der Waals surface area contributed by atoms with Crippen molar-refractivity contribution in [2.24, 2.45) is 0 Å². The molecule has 0 aliphatic rings. The predicted octanol–water partition coefficient (Wildman–Crippen LogP) is 6.34. The van der Waals surface area contributed by atoms with Crippen molar-refractivity contribution >= 4 is 76.0 Å². The van der Waals surface area contributed by atoms with E-state index in [1.165, 1.54) is 25.6 Å². The largest absolute Gasteiger partial charge is 0.496 e. The van der Waals surface area contributed by atoms with E-state index in [9.17, 15) is 9.59 Å². The molecule has 3 aromatic carbocycles. The molecule has 4 aromatic rings. The number of halogens is 2. The van der Waals surface area contributed by atoms with Crippen molar-refractivity contribution in [1.82, 2.24) is 4.98 Å². The first-order valence-electron chi connectivity index (χ1n) is 9.58. The van der Waals surface area contributed by atoms with E-state index < -0.39 is 0 Å². The number of carbonyl (C=O) groups excluding carboxylic acids is 2. The number of fused-ring (bicyclic) bond motifs is 1. The molecule has 33 heavy (non-hydrogen) atoms. The number of hydrogen-bond donors (Lipinski definition) is 2. The topological polar surface area (TPSA) is 89.5 Å². The predicted molar refractivity (Wildman–Crippen MR) is 137 cm³/mol. The smallest absolute Gasteiger partial charge is 0.261 e. The molecule has 4 rings (SSSR count). The van der Waals surface area contributed by atoms with E-state index in [1.54, 1.807) is 48.5 Å². The first kappa shape index (κ1) is 23.2. The van der Waals surface area contributed by atoms with Gasteiger partial charge in [0.15, 0.2) is 5.13 Å². The SMILES string of the molecule is COc1ccc(Br)cc1C(=O)Nc1ccc2nc(NC(=O)c3cc(Br)ccc3OC)sc2c1. The maximum absolute atomic E-state index is 12.8. The van der Waals surface area contributed by atoms with Crippen LogP contribution >= 0.6 is 43.2 Å². The number of aromatic nitrogens is 1. The number of carbonyl (C=O) groups is 2. The summed E-state index contributed by atoms with van der Waals surface area (Å²) in [6.07, 6.45) is 0. The van der Waals surface area contributed by atoms with Crippen LogP contribution in [0.1, 0.15) is 20.7 Å². The van der Waals surface area contributed by atoms with Gasteiger partial charge in [0.25, 0.3) is 11.8 Å². The molecule has 0 bridgehead atoms. The lowest BCUT2D eigenvalue weighted by Crippen LogP contribution is -2.13. The number of methoxy groups -OCH3 is 2. The molecule has 0 unspecified atom stereocenters. The normalized spacial score (nSPS) is 10.7. The van der Waals surface area contributed by atoms with Gasteiger partial charge in [0, 0.05) is 14.6 Å². The van der Waals surface area contributed by atoms with E-state index in [1.807, 2.05) is 6.07 Å². The molecule has 0 saturated carbocycles. The maximum atomic E-state index is 12.8. The van der Waals surface area contributed by atoms with Crippen molar-refractivity contribution in [3.63, 3.8) is 0 Å². The summed E-state index contributed by atoms with van der Waals surface area (Å²) in [5, 5.41) is 6.13. The van der Waals surface area contributed by atoms with Crippen molar-refractivity contribution in [2.45, 2.75) is 0 Å². The third kappa shape index (κ3) is 5.18. The second kappa shape index (κ2) is 9.90. The number of hydrogen-bond acceptors (Lipinski definition) is 6. The highest BCUT2D eigenvalue weighted by molar-refractivity contribution is 9.10. The van der Waals surface area contributed by atoms with Crippen LogP contribution in [0.15, 0.2) is 63.5 Å². The zero-order chi connectivity index (χ0) is 23.5. The summed E-state index contributed by atoms with van der Waals surface area (Å²) in [6, 6.07) is 15.8. The van der Waals surface area contributed by atoms with Crippen LogP contribution < -0.4 is 20.1 Å². The molecular weight excluding hydrogens is 574 g/mol. The number of rotatable bonds is 6. The van der Waals surface area contributed by atoms with Gasteiger partial charge in [-0.15, -0.1) is 0 Å². The Morgan fingerprint density at radius 3 is 1.97 bits per heavy atom. The fraction of sp³-hybridized carbons (Fsp3) is 0.0870. The van der Waals surface area contributed by atoms with E-state index >= 15 is 0 Å². The third-order valence-corrected chi connectivity index (χ3v) is 6.60. The molecule has 0 aliphatic heterocycles. The minimum absolute atomic E-state index is 0.299. The molecule has 0 atom stereocenters. The lowest BCUT2D eigenvalue weighted by Gasteiger charge is -2.09. The number of nitrogens with zero attached hydrogens (tertiary/aromatic N) is 1. The van der Waals surface area contributed by atoms with Crippen LogP contribution in [0.3, 0.4) is 0 Å². The highest BCUT2D eigenvalue weighted by atomic mass is 79.9. The van der Waals surface area contributed by atoms with Crippen LogP contribution in [0, 0.1) is 0 Å². The first-order valence-corrected chi connectivity index (χ1v) is 12.0. The number of thiazole rings is 1. The van der Waals surface area contributed by atoms with Gasteiger partial charge in [0.05, 0.1) is 35.6 Å². The van der Waals surface area contributed by atoms with Crippen molar-refractivity contribution in [2.75, 3.05) is 24.9 Å². The molecule has 2 amide bonds. The Morgan fingerprint density at radius 2 is 1.39 bits per heavy atom. The molecule has 10 heteroatoms. The van der Waals surface area contributed by atoms with Crippen LogP contribution in [-0.2, 0) is 0 Å². The molecular formula is C23H17Br2N3O4S. The highest BCUT2D eigenvalue weighted by Gasteiger charge is 2.17. The summed E-state index contributed by atoms with van der Waals surface area (Å²) in [5.74, 6) is 0.308. The van der Waals surface area contributed by atoms with E-state index in [2.05, 4.69) is 47.5 Å². The second-order valence-electron chi connectivity index (χ2n) is 6.80. The van der Waals surface area contributed by atoms with Crippen molar-refractivity contribution in [3.8, 4) is 11.5 Å². The monoisotopic (exact) mass is 589 g/mol. The summed E-state index contributed by atoms with van der Waals surface area (Å²) in [4.78, 5) is 30.0. The molecule has 0 radical (unpaired) electrons. The lowest BCUT2D eigenvalue weighted by atomic mass is 10.2. The molecule has 7 nitrogen and oxygen atoms in total. The molecule has 0 spiro atoms. The summed E-state index contributed by atoms with van der Waals surface area (Å²) in [6.45, 7) is 0. The molecule has 1 aromatic heterocycles. The van der Waals surface area contributed by atoms with Gasteiger partial charge in [-0.1, -0.05) is 43.2 Å². The van der Waals surface area contributed by atoms with Crippen molar-refractivity contribution in [3.05, 3.63) is 74.7 Å². The van der Waals surface area contributed by atoms with Crippen molar-refractivity contribution in [1.29, 1.82) is 0 Å². The Kier molecular flexibility index (Phi) is 6.96. The zero-order valence-corrected chi connectivity index (χ0v) is 21.4. The quantitative estimate of drug-likeness (QED) is 0.273. The second-order valence-corrected chi connectivity index (χ2v) is 9.66. The van der Waals surface area contributed by atoms with Gasteiger partial charge in [-0.3, -0.25) is 14.9 Å². The fourth-order valence-corrected chi connectivity index (χ4v) is 4.76. The summed E-state index contributed by atoms with van der Waals surface area (Å²) in [7, 11) is 3.03. The number of amides is 2. The Bertz CT molecular complexity index is 1310.